The van der Waals surface area contributed by atoms with Gasteiger partial charge in [-0.05, 0) is 43.0 Å². The highest BCUT2D eigenvalue weighted by Crippen LogP contribution is 2.32. The quantitative estimate of drug-likeness (QED) is 0.849. The average Bonchev–Trinajstić information content (AvgIpc) is 3.29. The zero-order valence-electron chi connectivity index (χ0n) is 13.8. The van der Waals surface area contributed by atoms with Gasteiger partial charge in [0.15, 0.2) is 0 Å². The Kier molecular flexibility index (Phi) is 4.09. The van der Waals surface area contributed by atoms with Crippen molar-refractivity contribution in [3.63, 3.8) is 0 Å². The summed E-state index contributed by atoms with van der Waals surface area (Å²) in [5.74, 6) is -0.109. The molecular weight excluding hydrogens is 336 g/mol. The number of hydrogen-bond donors (Lipinski definition) is 0. The van der Waals surface area contributed by atoms with Crippen LogP contribution in [0.5, 0.6) is 0 Å². The van der Waals surface area contributed by atoms with Crippen LogP contribution >= 0.6 is 0 Å². The van der Waals surface area contributed by atoms with Crippen LogP contribution < -0.4 is 4.90 Å². The van der Waals surface area contributed by atoms with Crippen molar-refractivity contribution < 1.29 is 13.2 Å². The predicted octanol–water partition coefficient (Wildman–Crippen LogP) is 2.43. The lowest BCUT2D eigenvalue weighted by Gasteiger charge is -2.27. The van der Waals surface area contributed by atoms with Crippen molar-refractivity contribution in [2.24, 2.45) is 0 Å². The number of fused-ring (bicyclic) bond motifs is 1. The number of hydrogen-bond acceptors (Lipinski definition) is 3. The molecule has 1 saturated heterocycles. The van der Waals surface area contributed by atoms with Gasteiger partial charge in [0.1, 0.15) is 6.04 Å². The van der Waals surface area contributed by atoms with E-state index < -0.39 is 16.1 Å². The molecule has 2 heterocycles. The van der Waals surface area contributed by atoms with E-state index in [4.69, 9.17) is 0 Å². The van der Waals surface area contributed by atoms with Crippen molar-refractivity contribution >= 4 is 21.6 Å². The maximum absolute atomic E-state index is 13.1. The summed E-state index contributed by atoms with van der Waals surface area (Å²) in [6.07, 6.45) is 2.10. The molecule has 0 N–H and O–H groups in total. The maximum Gasteiger partial charge on any atom is 0.245 e. The van der Waals surface area contributed by atoms with E-state index in [0.717, 1.165) is 17.7 Å². The van der Waals surface area contributed by atoms with Gasteiger partial charge >= 0.3 is 0 Å². The SMILES string of the molecule is O=C(C1CCCN1S(=O)(=O)c1ccccc1)N1CCc2ccccc21. The van der Waals surface area contributed by atoms with Crippen molar-refractivity contribution in [1.29, 1.82) is 0 Å². The van der Waals surface area contributed by atoms with E-state index in [-0.39, 0.29) is 10.8 Å². The van der Waals surface area contributed by atoms with Crippen molar-refractivity contribution in [1.82, 2.24) is 4.31 Å². The number of carbonyl (C=O) groups excluding carboxylic acids is 1. The predicted molar refractivity (Wildman–Crippen MR) is 95.9 cm³/mol. The van der Waals surface area contributed by atoms with Gasteiger partial charge in [-0.1, -0.05) is 36.4 Å². The van der Waals surface area contributed by atoms with Crippen LogP contribution in [-0.2, 0) is 21.2 Å². The van der Waals surface area contributed by atoms with Crippen LogP contribution in [-0.4, -0.2) is 37.8 Å². The molecule has 4 rings (SSSR count). The zero-order chi connectivity index (χ0) is 17.4. The smallest absolute Gasteiger partial charge is 0.245 e. The maximum atomic E-state index is 13.1. The second kappa shape index (κ2) is 6.28. The lowest BCUT2D eigenvalue weighted by atomic mass is 10.1. The molecule has 2 aromatic carbocycles. The van der Waals surface area contributed by atoms with E-state index in [1.165, 1.54) is 4.31 Å². The van der Waals surface area contributed by atoms with Crippen LogP contribution in [0.3, 0.4) is 0 Å². The average molecular weight is 356 g/mol. The Hall–Kier alpha value is -2.18. The van der Waals surface area contributed by atoms with E-state index in [2.05, 4.69) is 0 Å². The summed E-state index contributed by atoms with van der Waals surface area (Å²) in [5.41, 5.74) is 2.06. The third-order valence-electron chi connectivity index (χ3n) is 4.99. The molecule has 1 atom stereocenters. The van der Waals surface area contributed by atoms with Gasteiger partial charge < -0.3 is 4.90 Å². The number of anilines is 1. The Morgan fingerprint density at radius 3 is 2.48 bits per heavy atom. The van der Waals surface area contributed by atoms with Crippen molar-refractivity contribution in [3.05, 3.63) is 60.2 Å². The van der Waals surface area contributed by atoms with Crippen LogP contribution in [0, 0.1) is 0 Å². The number of nitrogens with zero attached hydrogens (tertiary/aromatic N) is 2. The molecule has 1 unspecified atom stereocenters. The summed E-state index contributed by atoms with van der Waals surface area (Å²) in [7, 11) is -3.65. The van der Waals surface area contributed by atoms with Gasteiger partial charge in [-0.3, -0.25) is 4.79 Å². The highest BCUT2D eigenvalue weighted by Gasteiger charge is 2.42. The van der Waals surface area contributed by atoms with Crippen LogP contribution in [0.2, 0.25) is 0 Å². The first kappa shape index (κ1) is 16.3. The Balaban J connectivity index is 1.63. The lowest BCUT2D eigenvalue weighted by molar-refractivity contribution is -0.121. The number of amides is 1. The third kappa shape index (κ3) is 2.75. The molecule has 0 aromatic heterocycles. The summed E-state index contributed by atoms with van der Waals surface area (Å²) >= 11 is 0. The molecule has 5 nitrogen and oxygen atoms in total. The van der Waals surface area contributed by atoms with Crippen LogP contribution in [0.15, 0.2) is 59.5 Å². The zero-order valence-corrected chi connectivity index (χ0v) is 14.7. The van der Waals surface area contributed by atoms with Gasteiger partial charge in [-0.2, -0.15) is 4.31 Å². The molecular formula is C19H20N2O3S. The largest absolute Gasteiger partial charge is 0.310 e. The Labute approximate surface area is 147 Å². The number of para-hydroxylation sites is 1. The van der Waals surface area contributed by atoms with Gasteiger partial charge in [-0.15, -0.1) is 0 Å². The fourth-order valence-corrected chi connectivity index (χ4v) is 5.42. The summed E-state index contributed by atoms with van der Waals surface area (Å²) in [4.78, 5) is 15.1. The van der Waals surface area contributed by atoms with E-state index >= 15 is 0 Å². The fourth-order valence-electron chi connectivity index (χ4n) is 3.75. The van der Waals surface area contributed by atoms with E-state index in [1.54, 1.807) is 35.2 Å². The number of sulfonamides is 1. The van der Waals surface area contributed by atoms with Gasteiger partial charge in [0.25, 0.3) is 0 Å². The molecule has 130 valence electrons. The molecule has 1 amide bonds. The lowest BCUT2D eigenvalue weighted by Crippen LogP contribution is -2.47. The normalized spacial score (nSPS) is 20.6. The number of benzene rings is 2. The summed E-state index contributed by atoms with van der Waals surface area (Å²) < 4.78 is 27.3. The minimum absolute atomic E-state index is 0.109. The first-order valence-electron chi connectivity index (χ1n) is 8.55. The summed E-state index contributed by atoms with van der Waals surface area (Å²) in [5, 5.41) is 0. The molecule has 0 bridgehead atoms. The van der Waals surface area contributed by atoms with Gasteiger partial charge in [0.05, 0.1) is 4.90 Å². The molecule has 0 aliphatic carbocycles. The molecule has 6 heteroatoms. The molecule has 0 saturated carbocycles. The van der Waals surface area contributed by atoms with Crippen LogP contribution in [0.1, 0.15) is 18.4 Å². The first-order valence-corrected chi connectivity index (χ1v) is 9.99. The Morgan fingerprint density at radius 1 is 0.960 bits per heavy atom. The first-order chi connectivity index (χ1) is 12.1. The van der Waals surface area contributed by atoms with E-state index in [1.807, 2.05) is 24.3 Å². The molecule has 2 aliphatic heterocycles. The highest BCUT2D eigenvalue weighted by atomic mass is 32.2. The molecule has 0 radical (unpaired) electrons. The van der Waals surface area contributed by atoms with Gasteiger partial charge in [-0.25, -0.2) is 8.42 Å². The second-order valence-corrected chi connectivity index (χ2v) is 8.35. The molecule has 2 aromatic rings. The highest BCUT2D eigenvalue weighted by molar-refractivity contribution is 7.89. The Morgan fingerprint density at radius 2 is 1.68 bits per heavy atom. The molecule has 2 aliphatic rings. The standard InChI is InChI=1S/C19H20N2O3S/c22-19(20-14-12-15-7-4-5-10-17(15)20)18-11-6-13-21(18)25(23,24)16-8-2-1-3-9-16/h1-5,7-10,18H,6,11-14H2. The minimum atomic E-state index is -3.65. The van der Waals surface area contributed by atoms with E-state index in [0.29, 0.717) is 25.9 Å². The van der Waals surface area contributed by atoms with Crippen LogP contribution in [0.4, 0.5) is 5.69 Å². The molecule has 25 heavy (non-hydrogen) atoms. The number of carbonyl (C=O) groups is 1. The van der Waals surface area contributed by atoms with Crippen molar-refractivity contribution in [3.8, 4) is 0 Å². The monoisotopic (exact) mass is 356 g/mol. The van der Waals surface area contributed by atoms with Crippen LogP contribution in [0.25, 0.3) is 0 Å². The third-order valence-corrected chi connectivity index (χ3v) is 6.91. The fraction of sp³-hybridized carbons (Fsp3) is 0.316. The molecule has 1 fully saturated rings. The second-order valence-electron chi connectivity index (χ2n) is 6.46. The molecule has 0 spiro atoms. The summed E-state index contributed by atoms with van der Waals surface area (Å²) in [6.45, 7) is 1.01. The summed E-state index contributed by atoms with van der Waals surface area (Å²) in [6, 6.07) is 15.6. The number of rotatable bonds is 3. The minimum Gasteiger partial charge on any atom is -0.310 e. The topological polar surface area (TPSA) is 57.7 Å². The van der Waals surface area contributed by atoms with Crippen molar-refractivity contribution in [2.45, 2.75) is 30.2 Å². The Bertz CT molecular complexity index is 896. The van der Waals surface area contributed by atoms with Crippen molar-refractivity contribution in [2.75, 3.05) is 18.0 Å². The van der Waals surface area contributed by atoms with Gasteiger partial charge in [0.2, 0.25) is 15.9 Å². The van der Waals surface area contributed by atoms with Gasteiger partial charge in [0, 0.05) is 18.8 Å². The van der Waals surface area contributed by atoms with E-state index in [9.17, 15) is 13.2 Å².